The van der Waals surface area contributed by atoms with Gasteiger partial charge in [0.25, 0.3) is 0 Å². The van der Waals surface area contributed by atoms with Crippen LogP contribution in [-0.4, -0.2) is 19.9 Å². The number of aryl methyl sites for hydroxylation is 1. The van der Waals surface area contributed by atoms with Gasteiger partial charge in [-0.25, -0.2) is 15.0 Å². The van der Waals surface area contributed by atoms with Crippen molar-refractivity contribution in [3.63, 3.8) is 0 Å². The first-order valence-electron chi connectivity index (χ1n) is 21.9. The molecule has 6 aromatic carbocycles. The lowest BCUT2D eigenvalue weighted by Gasteiger charge is -2.31. The average Bonchev–Trinajstić information content (AvgIpc) is 3.74. The van der Waals surface area contributed by atoms with Gasteiger partial charge in [-0.1, -0.05) is 182 Å². The highest BCUT2D eigenvalue weighted by molar-refractivity contribution is 5.96. The van der Waals surface area contributed by atoms with Crippen molar-refractivity contribution in [3.8, 4) is 67.7 Å². The van der Waals surface area contributed by atoms with E-state index in [9.17, 15) is 0 Å². The standard InChI is InChI=1S/C57H52N4/c1-8-9-14-36-19-30-45-46-31-24-39(34-50(46)57(49(45)33-36)47-17-12-10-15-43(47)44-16-11-13-18-48(44)57)51-32-25-40(35-58-51)54-60-52(37-20-26-41(27-21-37)55(2,3)4)59-53(61-54)38-22-28-42(29-23-38)56(5,6)7/h10-13,15-35H,8-9,14H2,1-7H3. The molecule has 0 saturated carbocycles. The molecule has 10 rings (SSSR count). The number of benzene rings is 6. The van der Waals surface area contributed by atoms with E-state index >= 15 is 0 Å². The monoisotopic (exact) mass is 792 g/mol. The maximum atomic E-state index is 5.13. The second-order valence-electron chi connectivity index (χ2n) is 19.0. The lowest BCUT2D eigenvalue weighted by atomic mass is 9.70. The summed E-state index contributed by atoms with van der Waals surface area (Å²) in [6.45, 7) is 15.7. The van der Waals surface area contributed by atoms with Crippen molar-refractivity contribution in [2.24, 2.45) is 0 Å². The molecular weight excluding hydrogens is 741 g/mol. The van der Waals surface area contributed by atoms with E-state index in [1.54, 1.807) is 0 Å². The molecule has 4 nitrogen and oxygen atoms in total. The predicted molar refractivity (Wildman–Crippen MR) is 252 cm³/mol. The third kappa shape index (κ3) is 6.52. The number of nitrogens with zero attached hydrogens (tertiary/aromatic N) is 4. The third-order valence-electron chi connectivity index (χ3n) is 12.9. The van der Waals surface area contributed by atoms with Gasteiger partial charge < -0.3 is 0 Å². The Morgan fingerprint density at radius 2 is 0.902 bits per heavy atom. The van der Waals surface area contributed by atoms with Gasteiger partial charge in [0.05, 0.1) is 11.1 Å². The van der Waals surface area contributed by atoms with Gasteiger partial charge in [0, 0.05) is 28.5 Å². The molecule has 2 aliphatic rings. The van der Waals surface area contributed by atoms with Gasteiger partial charge in [-0.15, -0.1) is 0 Å². The van der Waals surface area contributed by atoms with E-state index in [0.717, 1.165) is 34.4 Å². The Bertz CT molecular complexity index is 2820. The molecule has 4 heteroatoms. The summed E-state index contributed by atoms with van der Waals surface area (Å²) in [6.07, 6.45) is 5.36. The highest BCUT2D eigenvalue weighted by Crippen LogP contribution is 2.63. The third-order valence-corrected chi connectivity index (χ3v) is 12.9. The normalized spacial score (nSPS) is 13.5. The molecule has 0 N–H and O–H groups in total. The fourth-order valence-electron chi connectivity index (χ4n) is 9.58. The summed E-state index contributed by atoms with van der Waals surface area (Å²) in [7, 11) is 0. The lowest BCUT2D eigenvalue weighted by molar-refractivity contribution is 0.590. The summed E-state index contributed by atoms with van der Waals surface area (Å²) in [5.74, 6) is 1.88. The maximum Gasteiger partial charge on any atom is 0.165 e. The highest BCUT2D eigenvalue weighted by Gasteiger charge is 2.51. The second kappa shape index (κ2) is 14.6. The topological polar surface area (TPSA) is 51.6 Å². The van der Waals surface area contributed by atoms with E-state index in [-0.39, 0.29) is 10.8 Å². The molecule has 0 radical (unpaired) electrons. The molecule has 2 heterocycles. The van der Waals surface area contributed by atoms with Gasteiger partial charge in [0.1, 0.15) is 0 Å². The largest absolute Gasteiger partial charge is 0.255 e. The first-order chi connectivity index (χ1) is 29.4. The van der Waals surface area contributed by atoms with Gasteiger partial charge in [-0.05, 0) is 103 Å². The Balaban J connectivity index is 1.07. The van der Waals surface area contributed by atoms with E-state index in [0.29, 0.717) is 17.5 Å². The Kier molecular flexibility index (Phi) is 9.25. The summed E-state index contributed by atoms with van der Waals surface area (Å²) in [5, 5.41) is 0. The van der Waals surface area contributed by atoms with E-state index in [1.165, 1.54) is 74.0 Å². The summed E-state index contributed by atoms with van der Waals surface area (Å²) < 4.78 is 0. The SMILES string of the molecule is CCCCc1ccc2c(c1)C1(c3ccccc3-c3ccccc31)c1cc(-c3ccc(-c4nc(-c5ccc(C(C)(C)C)cc5)nc(-c5ccc(C(C)(C)C)cc5)n4)cn3)ccc1-2. The minimum absolute atomic E-state index is 0.0451. The summed E-state index contributed by atoms with van der Waals surface area (Å²) in [4.78, 5) is 20.3. The zero-order valence-electron chi connectivity index (χ0n) is 36.3. The molecular formula is C57H52N4. The van der Waals surface area contributed by atoms with Gasteiger partial charge in [-0.3, -0.25) is 4.98 Å². The van der Waals surface area contributed by atoms with Crippen molar-refractivity contribution in [1.82, 2.24) is 19.9 Å². The molecule has 0 fully saturated rings. The Morgan fingerprint density at radius 1 is 0.443 bits per heavy atom. The van der Waals surface area contributed by atoms with Crippen molar-refractivity contribution >= 4 is 0 Å². The number of pyridine rings is 1. The number of fused-ring (bicyclic) bond motifs is 10. The molecule has 0 bridgehead atoms. The Morgan fingerprint density at radius 3 is 1.41 bits per heavy atom. The molecule has 300 valence electrons. The van der Waals surface area contributed by atoms with Crippen LogP contribution in [0, 0.1) is 0 Å². The number of rotatable bonds is 7. The van der Waals surface area contributed by atoms with Crippen molar-refractivity contribution in [1.29, 1.82) is 0 Å². The number of hydrogen-bond donors (Lipinski definition) is 0. The molecule has 0 aliphatic heterocycles. The fourth-order valence-corrected chi connectivity index (χ4v) is 9.58. The molecule has 0 atom stereocenters. The van der Waals surface area contributed by atoms with E-state index in [1.807, 2.05) is 6.20 Å². The van der Waals surface area contributed by atoms with Crippen LogP contribution in [0.4, 0.5) is 0 Å². The summed E-state index contributed by atoms with van der Waals surface area (Å²) in [5.41, 5.74) is 19.0. The van der Waals surface area contributed by atoms with Crippen molar-refractivity contribution < 1.29 is 0 Å². The van der Waals surface area contributed by atoms with E-state index in [4.69, 9.17) is 19.9 Å². The average molecular weight is 793 g/mol. The molecule has 1 spiro atoms. The first kappa shape index (κ1) is 38.7. The smallest absolute Gasteiger partial charge is 0.165 e. The quantitative estimate of drug-likeness (QED) is 0.161. The van der Waals surface area contributed by atoms with Crippen LogP contribution in [0.1, 0.15) is 100 Å². The van der Waals surface area contributed by atoms with Crippen LogP contribution < -0.4 is 0 Å². The van der Waals surface area contributed by atoms with Crippen molar-refractivity contribution in [2.45, 2.75) is 84.0 Å². The maximum absolute atomic E-state index is 5.13. The van der Waals surface area contributed by atoms with Gasteiger partial charge in [0.2, 0.25) is 0 Å². The van der Waals surface area contributed by atoms with Gasteiger partial charge >= 0.3 is 0 Å². The van der Waals surface area contributed by atoms with E-state index in [2.05, 4.69) is 194 Å². The number of hydrogen-bond acceptors (Lipinski definition) is 4. The molecule has 0 unspecified atom stereocenters. The predicted octanol–water partition coefficient (Wildman–Crippen LogP) is 14.2. The van der Waals surface area contributed by atoms with Gasteiger partial charge in [-0.2, -0.15) is 0 Å². The number of aromatic nitrogens is 4. The van der Waals surface area contributed by atoms with Crippen molar-refractivity contribution in [2.75, 3.05) is 0 Å². The second-order valence-corrected chi connectivity index (χ2v) is 19.0. The molecule has 8 aromatic rings. The number of unbranched alkanes of at least 4 members (excludes halogenated alkanes) is 1. The van der Waals surface area contributed by atoms with Crippen LogP contribution in [0.5, 0.6) is 0 Å². The van der Waals surface area contributed by atoms with Crippen LogP contribution in [0.2, 0.25) is 0 Å². The van der Waals surface area contributed by atoms with Crippen LogP contribution in [0.25, 0.3) is 67.7 Å². The molecule has 0 saturated heterocycles. The zero-order chi connectivity index (χ0) is 42.1. The van der Waals surface area contributed by atoms with Crippen LogP contribution >= 0.6 is 0 Å². The van der Waals surface area contributed by atoms with Crippen LogP contribution in [0.3, 0.4) is 0 Å². The van der Waals surface area contributed by atoms with Crippen LogP contribution in [-0.2, 0) is 22.7 Å². The highest BCUT2D eigenvalue weighted by atomic mass is 15.0. The van der Waals surface area contributed by atoms with Gasteiger partial charge in [0.15, 0.2) is 17.5 Å². The Hall–Kier alpha value is -6.52. The molecule has 61 heavy (non-hydrogen) atoms. The summed E-state index contributed by atoms with van der Waals surface area (Å²) in [6, 6.07) is 53.7. The molecule has 2 aliphatic carbocycles. The van der Waals surface area contributed by atoms with Crippen LogP contribution in [0.15, 0.2) is 152 Å². The first-order valence-corrected chi connectivity index (χ1v) is 21.9. The molecule has 0 amide bonds. The minimum atomic E-state index is -0.413. The summed E-state index contributed by atoms with van der Waals surface area (Å²) >= 11 is 0. The minimum Gasteiger partial charge on any atom is -0.255 e. The lowest BCUT2D eigenvalue weighted by Crippen LogP contribution is -2.26. The Labute approximate surface area is 360 Å². The van der Waals surface area contributed by atoms with E-state index < -0.39 is 5.41 Å². The zero-order valence-corrected chi connectivity index (χ0v) is 36.3. The fraction of sp³-hybridized carbons (Fsp3) is 0.228. The van der Waals surface area contributed by atoms with Crippen molar-refractivity contribution in [3.05, 3.63) is 191 Å². The molecule has 2 aromatic heterocycles.